The van der Waals surface area contributed by atoms with Crippen molar-refractivity contribution in [3.05, 3.63) is 56.1 Å². The van der Waals surface area contributed by atoms with Crippen molar-refractivity contribution in [2.75, 3.05) is 0 Å². The Morgan fingerprint density at radius 2 is 1.95 bits per heavy atom. The van der Waals surface area contributed by atoms with E-state index < -0.39 is 17.1 Å². The largest absolute Gasteiger partial charge is 0.329 e. The Morgan fingerprint density at radius 1 is 1.29 bits per heavy atom. The van der Waals surface area contributed by atoms with Crippen molar-refractivity contribution >= 4 is 11.6 Å². The molecule has 0 spiro atoms. The summed E-state index contributed by atoms with van der Waals surface area (Å²) in [6.07, 6.45) is 1.53. The molecule has 1 heterocycles. The summed E-state index contributed by atoms with van der Waals surface area (Å²) in [5, 5.41) is -0.126. The van der Waals surface area contributed by atoms with Crippen molar-refractivity contribution < 1.29 is 4.39 Å². The first-order valence-corrected chi connectivity index (χ1v) is 7.16. The van der Waals surface area contributed by atoms with Crippen LogP contribution in [0, 0.1) is 11.7 Å². The second-order valence-corrected chi connectivity index (χ2v) is 5.88. The summed E-state index contributed by atoms with van der Waals surface area (Å²) >= 11 is 5.97. The summed E-state index contributed by atoms with van der Waals surface area (Å²) in [4.78, 5) is 27.0. The molecule has 3 rings (SSSR count). The number of aromatic amines is 1. The lowest BCUT2D eigenvalue weighted by atomic mass is 9.81. The summed E-state index contributed by atoms with van der Waals surface area (Å²) in [5.41, 5.74) is -0.966. The van der Waals surface area contributed by atoms with Gasteiger partial charge in [-0.15, -0.1) is 0 Å². The number of aromatic nitrogens is 2. The number of benzene rings is 1. The van der Waals surface area contributed by atoms with Crippen LogP contribution < -0.4 is 11.2 Å². The van der Waals surface area contributed by atoms with Crippen LogP contribution in [0.15, 0.2) is 33.9 Å². The molecule has 21 heavy (non-hydrogen) atoms. The third-order valence-corrected chi connectivity index (χ3v) is 4.23. The Morgan fingerprint density at radius 3 is 2.57 bits per heavy atom. The molecule has 6 heteroatoms. The number of hydrogen-bond acceptors (Lipinski definition) is 2. The standard InChI is InChI=1S/C15H14ClFN2O2/c1-8-6-9(7-8)19-14(20)12(13(16)18-15(19)21)10-4-2-3-5-11(10)17/h2-5,8-9H,6-7H2,1H3,(H,18,21). The van der Waals surface area contributed by atoms with Crippen LogP contribution >= 0.6 is 11.6 Å². The minimum Gasteiger partial charge on any atom is -0.297 e. The highest BCUT2D eigenvalue weighted by atomic mass is 35.5. The van der Waals surface area contributed by atoms with Crippen molar-refractivity contribution in [2.45, 2.75) is 25.8 Å². The smallest absolute Gasteiger partial charge is 0.297 e. The first kappa shape index (κ1) is 14.1. The highest BCUT2D eigenvalue weighted by Gasteiger charge is 2.30. The maximum Gasteiger partial charge on any atom is 0.329 e. The van der Waals surface area contributed by atoms with Gasteiger partial charge in [-0.25, -0.2) is 9.18 Å². The third-order valence-electron chi connectivity index (χ3n) is 3.94. The monoisotopic (exact) mass is 308 g/mol. The predicted octanol–water partition coefficient (Wildman–Crippen LogP) is 2.97. The van der Waals surface area contributed by atoms with E-state index in [1.165, 1.54) is 18.2 Å². The number of nitrogens with one attached hydrogen (secondary N) is 1. The second-order valence-electron chi connectivity index (χ2n) is 5.50. The molecule has 2 aromatic rings. The van der Waals surface area contributed by atoms with Gasteiger partial charge in [0, 0.05) is 11.6 Å². The first-order chi connectivity index (χ1) is 9.99. The van der Waals surface area contributed by atoms with Gasteiger partial charge in [-0.2, -0.15) is 0 Å². The molecule has 4 nitrogen and oxygen atoms in total. The van der Waals surface area contributed by atoms with E-state index in [2.05, 4.69) is 11.9 Å². The molecule has 0 bridgehead atoms. The molecule has 1 aliphatic rings. The molecule has 1 N–H and O–H groups in total. The van der Waals surface area contributed by atoms with Gasteiger partial charge in [0.2, 0.25) is 0 Å². The minimum atomic E-state index is -0.544. The van der Waals surface area contributed by atoms with Crippen molar-refractivity contribution in [2.24, 2.45) is 5.92 Å². The van der Waals surface area contributed by atoms with Gasteiger partial charge >= 0.3 is 5.69 Å². The maximum absolute atomic E-state index is 13.9. The summed E-state index contributed by atoms with van der Waals surface area (Å²) in [7, 11) is 0. The highest BCUT2D eigenvalue weighted by Crippen LogP contribution is 2.36. The first-order valence-electron chi connectivity index (χ1n) is 6.78. The van der Waals surface area contributed by atoms with E-state index in [4.69, 9.17) is 11.6 Å². The summed E-state index contributed by atoms with van der Waals surface area (Å²) in [6.45, 7) is 2.06. The van der Waals surface area contributed by atoms with Gasteiger partial charge in [0.15, 0.2) is 0 Å². The number of H-pyrrole nitrogens is 1. The van der Waals surface area contributed by atoms with Gasteiger partial charge in [-0.1, -0.05) is 36.7 Å². The zero-order chi connectivity index (χ0) is 15.1. The molecular weight excluding hydrogens is 295 g/mol. The van der Waals surface area contributed by atoms with Gasteiger partial charge < -0.3 is 0 Å². The van der Waals surface area contributed by atoms with Crippen LogP contribution in [0.4, 0.5) is 4.39 Å². The Kier molecular flexibility index (Phi) is 3.45. The summed E-state index contributed by atoms with van der Waals surface area (Å²) < 4.78 is 15.1. The van der Waals surface area contributed by atoms with Crippen LogP contribution in [-0.2, 0) is 0 Å². The van der Waals surface area contributed by atoms with Crippen molar-refractivity contribution in [3.63, 3.8) is 0 Å². The Hall–Kier alpha value is -1.88. The van der Waals surface area contributed by atoms with Crippen LogP contribution in [0.5, 0.6) is 0 Å². The average molecular weight is 309 g/mol. The normalized spacial score (nSPS) is 21.1. The molecule has 0 aliphatic heterocycles. The molecule has 1 aromatic heterocycles. The number of halogens is 2. The van der Waals surface area contributed by atoms with E-state index >= 15 is 0 Å². The lowest BCUT2D eigenvalue weighted by molar-refractivity contribution is 0.205. The number of hydrogen-bond donors (Lipinski definition) is 1. The Labute approximate surface area is 125 Å². The molecule has 0 unspecified atom stereocenters. The molecule has 1 saturated carbocycles. The van der Waals surface area contributed by atoms with Gasteiger partial charge in [0.05, 0.1) is 5.56 Å². The fraction of sp³-hybridized carbons (Fsp3) is 0.333. The number of rotatable bonds is 2. The number of nitrogens with zero attached hydrogens (tertiary/aromatic N) is 1. The van der Waals surface area contributed by atoms with Crippen molar-refractivity contribution in [1.29, 1.82) is 0 Å². The third kappa shape index (κ3) is 2.31. The van der Waals surface area contributed by atoms with Crippen LogP contribution in [-0.4, -0.2) is 9.55 Å². The molecule has 110 valence electrons. The molecule has 1 aliphatic carbocycles. The fourth-order valence-corrected chi connectivity index (χ4v) is 3.09. The van der Waals surface area contributed by atoms with Crippen LogP contribution in [0.1, 0.15) is 25.8 Å². The van der Waals surface area contributed by atoms with E-state index in [0.29, 0.717) is 5.92 Å². The Balaban J connectivity index is 2.23. The molecule has 1 aromatic carbocycles. The van der Waals surface area contributed by atoms with Crippen molar-refractivity contribution in [1.82, 2.24) is 9.55 Å². The quantitative estimate of drug-likeness (QED) is 0.867. The molecule has 0 saturated heterocycles. The van der Waals surface area contributed by atoms with Crippen LogP contribution in [0.2, 0.25) is 5.15 Å². The van der Waals surface area contributed by atoms with Crippen molar-refractivity contribution in [3.8, 4) is 11.1 Å². The van der Waals surface area contributed by atoms with E-state index in [1.54, 1.807) is 6.07 Å². The highest BCUT2D eigenvalue weighted by molar-refractivity contribution is 6.32. The fourth-order valence-electron chi connectivity index (χ4n) is 2.82. The second kappa shape index (κ2) is 5.15. The minimum absolute atomic E-state index is 0.00826. The maximum atomic E-state index is 13.9. The molecule has 1 fully saturated rings. The zero-order valence-corrected chi connectivity index (χ0v) is 12.2. The topological polar surface area (TPSA) is 54.9 Å². The van der Waals surface area contributed by atoms with E-state index in [1.807, 2.05) is 0 Å². The van der Waals surface area contributed by atoms with E-state index in [-0.39, 0.29) is 22.3 Å². The lowest BCUT2D eigenvalue weighted by Crippen LogP contribution is -2.43. The van der Waals surface area contributed by atoms with Gasteiger partial charge in [-0.3, -0.25) is 14.3 Å². The summed E-state index contributed by atoms with van der Waals surface area (Å²) in [5.74, 6) is -0.0639. The lowest BCUT2D eigenvalue weighted by Gasteiger charge is -2.33. The average Bonchev–Trinajstić information content (AvgIpc) is 2.38. The van der Waals surface area contributed by atoms with Gasteiger partial charge in [0.25, 0.3) is 5.56 Å². The molecule has 0 atom stereocenters. The predicted molar refractivity (Wildman–Crippen MR) is 79.2 cm³/mol. The van der Waals surface area contributed by atoms with E-state index in [0.717, 1.165) is 17.4 Å². The SMILES string of the molecule is CC1CC(n2c(=O)[nH]c(Cl)c(-c3ccccc3F)c2=O)C1. The van der Waals surface area contributed by atoms with Crippen LogP contribution in [0.3, 0.4) is 0 Å². The summed E-state index contributed by atoms with van der Waals surface area (Å²) in [6, 6.07) is 5.74. The van der Waals surface area contributed by atoms with E-state index in [9.17, 15) is 14.0 Å². The Bertz CT molecular complexity index is 806. The molecule has 0 radical (unpaired) electrons. The van der Waals surface area contributed by atoms with Gasteiger partial charge in [0.1, 0.15) is 11.0 Å². The van der Waals surface area contributed by atoms with Crippen LogP contribution in [0.25, 0.3) is 11.1 Å². The zero-order valence-electron chi connectivity index (χ0n) is 11.4. The molecular formula is C15H14ClFN2O2. The molecule has 0 amide bonds. The van der Waals surface area contributed by atoms with Gasteiger partial charge in [-0.05, 0) is 24.8 Å².